The summed E-state index contributed by atoms with van der Waals surface area (Å²) in [5.41, 5.74) is 0.612. The minimum absolute atomic E-state index is 0.0450. The number of aliphatic carboxylic acids is 1. The fraction of sp³-hybridized carbons (Fsp3) is 0.333. The van der Waals surface area contributed by atoms with Gasteiger partial charge in [-0.3, -0.25) is 4.79 Å². The van der Waals surface area contributed by atoms with E-state index in [0.29, 0.717) is 15.8 Å². The molecule has 1 fully saturated rings. The van der Waals surface area contributed by atoms with Gasteiger partial charge >= 0.3 is 5.97 Å². The quantitative estimate of drug-likeness (QED) is 0.826. The Morgan fingerprint density at radius 2 is 2.05 bits per heavy atom. The Balaban J connectivity index is 2.07. The van der Waals surface area contributed by atoms with Crippen LogP contribution in [0.4, 0.5) is 0 Å². The number of ether oxygens (including phenoxy) is 1. The molecule has 112 valence electrons. The van der Waals surface area contributed by atoms with Gasteiger partial charge in [0, 0.05) is 24.7 Å². The molecule has 1 amide bonds. The molecule has 0 saturated carbocycles. The van der Waals surface area contributed by atoms with Crippen LogP contribution in [0.3, 0.4) is 0 Å². The summed E-state index contributed by atoms with van der Waals surface area (Å²) in [5, 5.41) is 8.70. The zero-order chi connectivity index (χ0) is 15.2. The van der Waals surface area contributed by atoms with Gasteiger partial charge in [0.15, 0.2) is 6.61 Å². The summed E-state index contributed by atoms with van der Waals surface area (Å²) in [4.78, 5) is 24.4. The number of nitrogens with zero attached hydrogens (tertiary/aromatic N) is 1. The van der Waals surface area contributed by atoms with Gasteiger partial charge in [0.05, 0.1) is 4.47 Å². The summed E-state index contributed by atoms with van der Waals surface area (Å²) >= 11 is 3.36. The summed E-state index contributed by atoms with van der Waals surface area (Å²) < 4.78 is 6.28. The number of carbonyl (C=O) groups excluding carboxylic acids is 1. The number of likely N-dealkylation sites (tertiary alicyclic amines) is 1. The van der Waals surface area contributed by atoms with E-state index in [0.717, 1.165) is 32.0 Å². The van der Waals surface area contributed by atoms with E-state index in [1.54, 1.807) is 23.1 Å². The molecule has 1 aliphatic rings. The Kier molecular flexibility index (Phi) is 5.38. The van der Waals surface area contributed by atoms with Crippen molar-refractivity contribution >= 4 is 33.9 Å². The number of para-hydroxylation sites is 1. The van der Waals surface area contributed by atoms with Crippen LogP contribution >= 0.6 is 15.9 Å². The minimum atomic E-state index is -1.03. The summed E-state index contributed by atoms with van der Waals surface area (Å²) in [6, 6.07) is 5.30. The van der Waals surface area contributed by atoms with Crippen LogP contribution in [0.2, 0.25) is 0 Å². The number of carboxylic acid groups (broad SMARTS) is 1. The predicted molar refractivity (Wildman–Crippen MR) is 82.1 cm³/mol. The molecule has 21 heavy (non-hydrogen) atoms. The van der Waals surface area contributed by atoms with Gasteiger partial charge in [-0.1, -0.05) is 12.1 Å². The highest BCUT2D eigenvalue weighted by atomic mass is 79.9. The van der Waals surface area contributed by atoms with Crippen LogP contribution in [0.5, 0.6) is 5.75 Å². The van der Waals surface area contributed by atoms with Crippen LogP contribution in [0.15, 0.2) is 28.7 Å². The standard InChI is InChI=1S/C15H16BrNO4/c16-12-5-3-4-11(6-7-14(19)20)15(12)21-10-13(18)17-8-1-2-9-17/h3-7H,1-2,8-10H2,(H,19,20). The maximum atomic E-state index is 12.0. The highest BCUT2D eigenvalue weighted by molar-refractivity contribution is 9.10. The van der Waals surface area contributed by atoms with Crippen LogP contribution in [0, 0.1) is 0 Å². The van der Waals surface area contributed by atoms with Crippen molar-refractivity contribution < 1.29 is 19.4 Å². The largest absolute Gasteiger partial charge is 0.482 e. The van der Waals surface area contributed by atoms with E-state index in [1.165, 1.54) is 6.08 Å². The molecule has 1 aromatic carbocycles. The van der Waals surface area contributed by atoms with Crippen molar-refractivity contribution in [2.24, 2.45) is 0 Å². The van der Waals surface area contributed by atoms with Crippen molar-refractivity contribution in [3.8, 4) is 5.75 Å². The molecule has 1 aromatic rings. The Morgan fingerprint density at radius 1 is 1.33 bits per heavy atom. The van der Waals surface area contributed by atoms with Gasteiger partial charge in [-0.05, 0) is 40.9 Å². The molecule has 0 unspecified atom stereocenters. The van der Waals surface area contributed by atoms with Gasteiger partial charge in [-0.15, -0.1) is 0 Å². The second-order valence-electron chi connectivity index (χ2n) is 4.71. The third kappa shape index (κ3) is 4.32. The monoisotopic (exact) mass is 353 g/mol. The number of carboxylic acids is 1. The first kappa shape index (κ1) is 15.6. The Hall–Kier alpha value is -1.82. The van der Waals surface area contributed by atoms with Gasteiger partial charge in [0.2, 0.25) is 0 Å². The summed E-state index contributed by atoms with van der Waals surface area (Å²) in [7, 11) is 0. The van der Waals surface area contributed by atoms with E-state index in [2.05, 4.69) is 15.9 Å². The van der Waals surface area contributed by atoms with E-state index in [9.17, 15) is 9.59 Å². The van der Waals surface area contributed by atoms with E-state index < -0.39 is 5.97 Å². The Morgan fingerprint density at radius 3 is 2.71 bits per heavy atom. The number of carbonyl (C=O) groups is 2. The summed E-state index contributed by atoms with van der Waals surface area (Å²) in [5.74, 6) is -0.604. The van der Waals surface area contributed by atoms with Crippen LogP contribution < -0.4 is 4.74 Å². The van der Waals surface area contributed by atoms with Crippen molar-refractivity contribution in [2.75, 3.05) is 19.7 Å². The Bertz CT molecular complexity index is 565. The highest BCUT2D eigenvalue weighted by Gasteiger charge is 2.19. The first-order chi connectivity index (χ1) is 10.1. The van der Waals surface area contributed by atoms with Gasteiger partial charge in [0.1, 0.15) is 5.75 Å². The number of benzene rings is 1. The first-order valence-electron chi connectivity index (χ1n) is 6.68. The SMILES string of the molecule is O=C(O)C=Cc1cccc(Br)c1OCC(=O)N1CCCC1. The van der Waals surface area contributed by atoms with Gasteiger partial charge in [-0.2, -0.15) is 0 Å². The predicted octanol–water partition coefficient (Wildman–Crippen LogP) is 2.55. The lowest BCUT2D eigenvalue weighted by molar-refractivity contribution is -0.132. The Labute approximate surface area is 131 Å². The molecule has 0 bridgehead atoms. The lowest BCUT2D eigenvalue weighted by Gasteiger charge is -2.17. The molecule has 0 radical (unpaired) electrons. The fourth-order valence-corrected chi connectivity index (χ4v) is 2.66. The van der Waals surface area contributed by atoms with E-state index in [-0.39, 0.29) is 12.5 Å². The normalized spacial score (nSPS) is 14.6. The van der Waals surface area contributed by atoms with E-state index in [1.807, 2.05) is 0 Å². The lowest BCUT2D eigenvalue weighted by Crippen LogP contribution is -2.32. The van der Waals surface area contributed by atoms with Gasteiger partial charge < -0.3 is 14.7 Å². The van der Waals surface area contributed by atoms with Crippen molar-refractivity contribution in [2.45, 2.75) is 12.8 Å². The zero-order valence-electron chi connectivity index (χ0n) is 11.4. The smallest absolute Gasteiger partial charge is 0.328 e. The molecule has 6 heteroatoms. The van der Waals surface area contributed by atoms with Crippen molar-refractivity contribution in [3.63, 3.8) is 0 Å². The third-order valence-corrected chi connectivity index (χ3v) is 3.83. The molecule has 0 atom stereocenters. The number of amides is 1. The van der Waals surface area contributed by atoms with Crippen molar-refractivity contribution in [1.29, 1.82) is 0 Å². The fourth-order valence-electron chi connectivity index (χ4n) is 2.16. The molecule has 5 nitrogen and oxygen atoms in total. The van der Waals surface area contributed by atoms with Gasteiger partial charge in [0.25, 0.3) is 5.91 Å². The van der Waals surface area contributed by atoms with Crippen LogP contribution in [-0.2, 0) is 9.59 Å². The van der Waals surface area contributed by atoms with Crippen LogP contribution in [0.1, 0.15) is 18.4 Å². The lowest BCUT2D eigenvalue weighted by atomic mass is 10.2. The molecule has 0 spiro atoms. The molecule has 1 saturated heterocycles. The van der Waals surface area contributed by atoms with Crippen LogP contribution in [0.25, 0.3) is 6.08 Å². The molecule has 1 N–H and O–H groups in total. The average Bonchev–Trinajstić information content (AvgIpc) is 2.98. The van der Waals surface area contributed by atoms with Crippen molar-refractivity contribution in [3.05, 3.63) is 34.3 Å². The number of hydrogen-bond donors (Lipinski definition) is 1. The number of hydrogen-bond acceptors (Lipinski definition) is 3. The maximum Gasteiger partial charge on any atom is 0.328 e. The zero-order valence-corrected chi connectivity index (χ0v) is 13.0. The average molecular weight is 354 g/mol. The van der Waals surface area contributed by atoms with E-state index >= 15 is 0 Å². The molecule has 0 aromatic heterocycles. The molecule has 1 heterocycles. The molecular formula is C15H16BrNO4. The molecule has 0 aliphatic carbocycles. The number of halogens is 1. The maximum absolute atomic E-state index is 12.0. The third-order valence-electron chi connectivity index (χ3n) is 3.20. The van der Waals surface area contributed by atoms with Gasteiger partial charge in [-0.25, -0.2) is 4.79 Å². The molecule has 2 rings (SSSR count). The minimum Gasteiger partial charge on any atom is -0.482 e. The second-order valence-corrected chi connectivity index (χ2v) is 5.56. The molecular weight excluding hydrogens is 338 g/mol. The second kappa shape index (κ2) is 7.26. The number of rotatable bonds is 5. The topological polar surface area (TPSA) is 66.8 Å². The van der Waals surface area contributed by atoms with Crippen LogP contribution in [-0.4, -0.2) is 41.6 Å². The summed E-state index contributed by atoms with van der Waals surface area (Å²) in [6.45, 7) is 1.52. The van der Waals surface area contributed by atoms with E-state index in [4.69, 9.17) is 9.84 Å². The highest BCUT2D eigenvalue weighted by Crippen LogP contribution is 2.30. The molecule has 1 aliphatic heterocycles. The first-order valence-corrected chi connectivity index (χ1v) is 7.47. The summed E-state index contributed by atoms with van der Waals surface area (Å²) in [6.07, 6.45) is 4.56. The van der Waals surface area contributed by atoms with Crippen molar-refractivity contribution in [1.82, 2.24) is 4.90 Å².